The molecule has 2 aromatic rings. The van der Waals surface area contributed by atoms with Crippen LogP contribution < -0.4 is 10.5 Å². The molecule has 0 saturated heterocycles. The minimum atomic E-state index is -3.88. The molecule has 0 aliphatic heterocycles. The van der Waals surface area contributed by atoms with Gasteiger partial charge >= 0.3 is 0 Å². The number of sulfonamides is 1. The van der Waals surface area contributed by atoms with Crippen LogP contribution in [0, 0.1) is 0 Å². The minimum absolute atomic E-state index is 0.102. The fraction of sp³-hybridized carbons (Fsp3) is 0.316. The zero-order valence-electron chi connectivity index (χ0n) is 15.6. The Balaban J connectivity index is 2.17. The number of carbonyl (C=O) groups excluding carboxylic acids is 1. The topological polar surface area (TPSA) is 92.5 Å². The Bertz CT molecular complexity index is 930. The van der Waals surface area contributed by atoms with Crippen LogP contribution in [0.4, 0.5) is 0 Å². The summed E-state index contributed by atoms with van der Waals surface area (Å²) in [5.74, 6) is -0.376. The third kappa shape index (κ3) is 5.87. The van der Waals surface area contributed by atoms with Gasteiger partial charge in [0.2, 0.25) is 10.0 Å². The van der Waals surface area contributed by atoms with E-state index in [1.165, 1.54) is 18.2 Å². The van der Waals surface area contributed by atoms with Gasteiger partial charge in [-0.3, -0.25) is 9.69 Å². The van der Waals surface area contributed by atoms with Crippen molar-refractivity contribution in [3.8, 4) is 0 Å². The maximum atomic E-state index is 12.6. The number of hydrogen-bond acceptors (Lipinski definition) is 4. The molecule has 3 N–H and O–H groups in total. The lowest BCUT2D eigenvalue weighted by molar-refractivity contribution is 0.0949. The quantitative estimate of drug-likeness (QED) is 0.673. The Morgan fingerprint density at radius 1 is 1.19 bits per heavy atom. The second-order valence-corrected chi connectivity index (χ2v) is 9.06. The van der Waals surface area contributed by atoms with Gasteiger partial charge in [-0.25, -0.2) is 13.6 Å². The first-order chi connectivity index (χ1) is 12.6. The van der Waals surface area contributed by atoms with Crippen molar-refractivity contribution in [3.05, 3.63) is 63.6 Å². The highest BCUT2D eigenvalue weighted by Gasteiger charge is 2.16. The fourth-order valence-corrected chi connectivity index (χ4v) is 3.43. The van der Waals surface area contributed by atoms with Gasteiger partial charge in [0.1, 0.15) is 0 Å². The van der Waals surface area contributed by atoms with Gasteiger partial charge in [0, 0.05) is 23.6 Å². The van der Waals surface area contributed by atoms with Crippen LogP contribution in [-0.4, -0.2) is 32.3 Å². The number of hydrogen-bond donors (Lipinski definition) is 2. The van der Waals surface area contributed by atoms with Crippen molar-refractivity contribution in [2.45, 2.75) is 37.9 Å². The molecule has 0 aromatic heterocycles. The summed E-state index contributed by atoms with van der Waals surface area (Å²) in [4.78, 5) is 14.7. The van der Waals surface area contributed by atoms with Gasteiger partial charge in [-0.1, -0.05) is 24.3 Å². The van der Waals surface area contributed by atoms with Gasteiger partial charge < -0.3 is 5.32 Å². The second kappa shape index (κ2) is 8.97. The molecule has 0 unspecified atom stereocenters. The minimum Gasteiger partial charge on any atom is -0.348 e. The molecule has 0 aliphatic carbocycles. The van der Waals surface area contributed by atoms with E-state index in [1.54, 1.807) is 0 Å². The average molecular weight is 454 g/mol. The summed E-state index contributed by atoms with van der Waals surface area (Å²) >= 11 is 3.28. The van der Waals surface area contributed by atoms with E-state index in [0.29, 0.717) is 17.1 Å². The van der Waals surface area contributed by atoms with Crippen molar-refractivity contribution in [2.24, 2.45) is 5.14 Å². The number of nitrogens with two attached hydrogens (primary N) is 1. The zero-order valence-corrected chi connectivity index (χ0v) is 18.0. The first kappa shape index (κ1) is 21.6. The summed E-state index contributed by atoms with van der Waals surface area (Å²) in [7, 11) is -1.83. The normalized spacial score (nSPS) is 11.8. The number of benzene rings is 2. The van der Waals surface area contributed by atoms with Gasteiger partial charge in [-0.05, 0) is 66.2 Å². The molecule has 0 radical (unpaired) electrons. The van der Waals surface area contributed by atoms with E-state index in [2.05, 4.69) is 47.0 Å². The standard InChI is InChI=1S/C19H24BrN3O3S/c1-13(2)23(3)12-15-7-5-4-6-14(15)11-22-19(24)17-10-16(27(21,25)26)8-9-18(17)20/h4-10,13H,11-12H2,1-3H3,(H,22,24)(H2,21,25,26). The first-order valence-corrected chi connectivity index (χ1v) is 10.8. The molecule has 0 aliphatic rings. The SMILES string of the molecule is CC(C)N(C)Cc1ccccc1CNC(=O)c1cc(S(N)(=O)=O)ccc1Br. The molecule has 6 nitrogen and oxygen atoms in total. The monoisotopic (exact) mass is 453 g/mol. The Labute approximate surface area is 168 Å². The van der Waals surface area contributed by atoms with Crippen LogP contribution >= 0.6 is 15.9 Å². The number of rotatable bonds is 7. The van der Waals surface area contributed by atoms with E-state index in [0.717, 1.165) is 17.7 Å². The number of nitrogens with one attached hydrogen (secondary N) is 1. The van der Waals surface area contributed by atoms with E-state index in [-0.39, 0.29) is 16.4 Å². The van der Waals surface area contributed by atoms with Crippen molar-refractivity contribution in [3.63, 3.8) is 0 Å². The third-order valence-electron chi connectivity index (χ3n) is 4.37. The van der Waals surface area contributed by atoms with E-state index < -0.39 is 10.0 Å². The molecule has 0 atom stereocenters. The number of carbonyl (C=O) groups is 1. The van der Waals surface area contributed by atoms with Crippen LogP contribution in [0.5, 0.6) is 0 Å². The van der Waals surface area contributed by atoms with Gasteiger partial charge in [0.05, 0.1) is 10.5 Å². The molecule has 0 spiro atoms. The number of primary sulfonamides is 1. The largest absolute Gasteiger partial charge is 0.348 e. The molecule has 8 heteroatoms. The summed E-state index contributed by atoms with van der Waals surface area (Å²) in [6.45, 7) is 5.36. The Morgan fingerprint density at radius 3 is 2.41 bits per heavy atom. The van der Waals surface area contributed by atoms with E-state index in [4.69, 9.17) is 5.14 Å². The lowest BCUT2D eigenvalue weighted by Crippen LogP contribution is -2.28. The van der Waals surface area contributed by atoms with Gasteiger partial charge in [-0.15, -0.1) is 0 Å². The average Bonchev–Trinajstić information content (AvgIpc) is 2.60. The van der Waals surface area contributed by atoms with Gasteiger partial charge in [-0.2, -0.15) is 0 Å². The van der Waals surface area contributed by atoms with Crippen LogP contribution in [0.1, 0.15) is 35.3 Å². The number of amides is 1. The lowest BCUT2D eigenvalue weighted by atomic mass is 10.1. The highest BCUT2D eigenvalue weighted by molar-refractivity contribution is 9.10. The third-order valence-corrected chi connectivity index (χ3v) is 5.97. The maximum absolute atomic E-state index is 12.6. The zero-order chi connectivity index (χ0) is 20.2. The van der Waals surface area contributed by atoms with Crippen LogP contribution in [-0.2, 0) is 23.1 Å². The van der Waals surface area contributed by atoms with Crippen molar-refractivity contribution in [1.29, 1.82) is 0 Å². The molecule has 0 bridgehead atoms. The molecule has 0 fully saturated rings. The molecule has 2 aromatic carbocycles. The van der Waals surface area contributed by atoms with Crippen molar-refractivity contribution in [1.82, 2.24) is 10.2 Å². The van der Waals surface area contributed by atoms with E-state index >= 15 is 0 Å². The predicted octanol–water partition coefficient (Wildman–Crippen LogP) is 2.87. The Kier molecular flexibility index (Phi) is 7.16. The number of nitrogens with zero attached hydrogens (tertiary/aromatic N) is 1. The summed E-state index contributed by atoms with van der Waals surface area (Å²) in [6, 6.07) is 12.4. The van der Waals surface area contributed by atoms with E-state index in [9.17, 15) is 13.2 Å². The van der Waals surface area contributed by atoms with Crippen LogP contribution in [0.3, 0.4) is 0 Å². The molecular weight excluding hydrogens is 430 g/mol. The second-order valence-electron chi connectivity index (χ2n) is 6.65. The summed E-state index contributed by atoms with van der Waals surface area (Å²) in [6.07, 6.45) is 0. The summed E-state index contributed by atoms with van der Waals surface area (Å²) in [5, 5.41) is 8.01. The molecule has 0 saturated carbocycles. The van der Waals surface area contributed by atoms with Gasteiger partial charge in [0.15, 0.2) is 0 Å². The molecule has 2 rings (SSSR count). The Morgan fingerprint density at radius 2 is 1.81 bits per heavy atom. The van der Waals surface area contributed by atoms with Crippen molar-refractivity contribution < 1.29 is 13.2 Å². The van der Waals surface area contributed by atoms with Crippen LogP contribution in [0.15, 0.2) is 51.8 Å². The molecule has 0 heterocycles. The maximum Gasteiger partial charge on any atom is 0.252 e. The lowest BCUT2D eigenvalue weighted by Gasteiger charge is -2.22. The molecule has 1 amide bonds. The van der Waals surface area contributed by atoms with Crippen LogP contribution in [0.25, 0.3) is 0 Å². The predicted molar refractivity (Wildman–Crippen MR) is 110 cm³/mol. The van der Waals surface area contributed by atoms with Gasteiger partial charge in [0.25, 0.3) is 5.91 Å². The highest BCUT2D eigenvalue weighted by atomic mass is 79.9. The summed E-state index contributed by atoms with van der Waals surface area (Å²) < 4.78 is 23.6. The number of halogens is 1. The Hall–Kier alpha value is -1.74. The van der Waals surface area contributed by atoms with Crippen molar-refractivity contribution >= 4 is 31.9 Å². The van der Waals surface area contributed by atoms with E-state index in [1.807, 2.05) is 24.3 Å². The molecule has 27 heavy (non-hydrogen) atoms. The first-order valence-electron chi connectivity index (χ1n) is 8.47. The molecule has 146 valence electrons. The highest BCUT2D eigenvalue weighted by Crippen LogP contribution is 2.21. The van der Waals surface area contributed by atoms with Crippen LogP contribution in [0.2, 0.25) is 0 Å². The molecular formula is C19H24BrN3O3S. The van der Waals surface area contributed by atoms with Crippen molar-refractivity contribution in [2.75, 3.05) is 7.05 Å². The summed E-state index contributed by atoms with van der Waals surface area (Å²) in [5.41, 5.74) is 2.36. The smallest absolute Gasteiger partial charge is 0.252 e. The fourth-order valence-electron chi connectivity index (χ4n) is 2.46.